The molecule has 2 atom stereocenters. The lowest BCUT2D eigenvalue weighted by atomic mass is 9.94. The van der Waals surface area contributed by atoms with Gasteiger partial charge in [0.05, 0.1) is 31.0 Å². The van der Waals surface area contributed by atoms with Gasteiger partial charge in [-0.1, -0.05) is 35.9 Å². The second-order valence-corrected chi connectivity index (χ2v) is 10.8. The smallest absolute Gasteiger partial charge is 0.411 e. The molecule has 4 aromatic rings. The maximum absolute atomic E-state index is 13.1. The van der Waals surface area contributed by atoms with Crippen LogP contribution in [0.4, 0.5) is 10.7 Å². The minimum Gasteiger partial charge on any atom is -0.496 e. The summed E-state index contributed by atoms with van der Waals surface area (Å²) in [5.74, 6) is 0.126. The van der Waals surface area contributed by atoms with Crippen molar-refractivity contribution in [1.82, 2.24) is 14.9 Å². The molecule has 10 heteroatoms. The summed E-state index contributed by atoms with van der Waals surface area (Å²) in [6, 6.07) is 17.8. The molecule has 0 aliphatic carbocycles. The van der Waals surface area contributed by atoms with E-state index in [-0.39, 0.29) is 18.2 Å². The average Bonchev–Trinajstić information content (AvgIpc) is 3.25. The van der Waals surface area contributed by atoms with E-state index in [2.05, 4.69) is 4.98 Å². The van der Waals surface area contributed by atoms with Crippen molar-refractivity contribution >= 4 is 29.6 Å². The van der Waals surface area contributed by atoms with Gasteiger partial charge in [-0.05, 0) is 72.5 Å². The molecule has 0 saturated carbocycles. The molecule has 2 heterocycles. The molecule has 1 N–H and O–H groups in total. The number of aromatic nitrogens is 2. The topological polar surface area (TPSA) is 105 Å². The van der Waals surface area contributed by atoms with Crippen molar-refractivity contribution in [2.75, 3.05) is 26.1 Å². The van der Waals surface area contributed by atoms with Crippen LogP contribution in [0.2, 0.25) is 5.02 Å². The van der Waals surface area contributed by atoms with Crippen LogP contribution in [0.5, 0.6) is 5.75 Å². The van der Waals surface area contributed by atoms with Gasteiger partial charge in [-0.25, -0.2) is 19.6 Å². The lowest BCUT2D eigenvalue weighted by Gasteiger charge is -2.23. The Morgan fingerprint density at radius 1 is 1.10 bits per heavy atom. The van der Waals surface area contributed by atoms with Crippen LogP contribution in [-0.4, -0.2) is 59.3 Å². The Morgan fingerprint density at radius 3 is 2.55 bits per heavy atom. The van der Waals surface area contributed by atoms with Gasteiger partial charge in [0.2, 0.25) is 5.95 Å². The Morgan fingerprint density at radius 2 is 1.88 bits per heavy atom. The zero-order chi connectivity index (χ0) is 30.1. The van der Waals surface area contributed by atoms with Gasteiger partial charge in [-0.15, -0.1) is 0 Å². The van der Waals surface area contributed by atoms with E-state index >= 15 is 0 Å². The fourth-order valence-corrected chi connectivity index (χ4v) is 5.38. The first kappa shape index (κ1) is 28.9. The zero-order valence-corrected chi connectivity index (χ0v) is 24.7. The summed E-state index contributed by atoms with van der Waals surface area (Å²) >= 11 is 6.21. The minimum absolute atomic E-state index is 0.176. The van der Waals surface area contributed by atoms with Gasteiger partial charge in [0, 0.05) is 36.4 Å². The number of cyclic esters (lactones) is 1. The lowest BCUT2D eigenvalue weighted by Crippen LogP contribution is -2.32. The van der Waals surface area contributed by atoms with Crippen LogP contribution in [0.25, 0.3) is 22.3 Å². The Hall–Kier alpha value is -4.63. The molecule has 0 spiro atoms. The van der Waals surface area contributed by atoms with Crippen molar-refractivity contribution in [1.29, 1.82) is 0 Å². The molecular weight excluding hydrogens is 556 g/mol. The molecule has 1 aromatic heterocycles. The van der Waals surface area contributed by atoms with Gasteiger partial charge >= 0.3 is 12.1 Å². The molecule has 0 radical (unpaired) electrons. The van der Waals surface area contributed by atoms with Gasteiger partial charge in [-0.2, -0.15) is 0 Å². The molecule has 3 aromatic carbocycles. The highest BCUT2D eigenvalue weighted by molar-refractivity contribution is 6.30. The summed E-state index contributed by atoms with van der Waals surface area (Å²) in [6.07, 6.45) is 0.808. The molecule has 1 aliphatic heterocycles. The number of carbonyl (C=O) groups is 2. The number of carboxylic acid groups (broad SMARTS) is 1. The molecule has 0 unspecified atom stereocenters. The molecular formula is C32H31ClN4O5. The van der Waals surface area contributed by atoms with Crippen molar-refractivity contribution in [3.63, 3.8) is 0 Å². The second-order valence-electron chi connectivity index (χ2n) is 10.4. The van der Waals surface area contributed by atoms with Crippen molar-refractivity contribution < 1.29 is 24.2 Å². The largest absolute Gasteiger partial charge is 0.496 e. The second kappa shape index (κ2) is 11.7. The maximum Gasteiger partial charge on any atom is 0.411 e. The fourth-order valence-electron chi connectivity index (χ4n) is 5.18. The van der Waals surface area contributed by atoms with Crippen LogP contribution in [0.3, 0.4) is 0 Å². The Kier molecular flexibility index (Phi) is 8.04. The summed E-state index contributed by atoms with van der Waals surface area (Å²) in [7, 11) is 5.30. The number of hydrogen-bond donors (Lipinski definition) is 1. The highest BCUT2D eigenvalue weighted by Gasteiger charge is 2.40. The molecule has 1 saturated heterocycles. The number of carboxylic acids is 1. The number of aromatic carboxylic acids is 1. The Balaban J connectivity index is 1.57. The molecule has 9 nitrogen and oxygen atoms in total. The van der Waals surface area contributed by atoms with Gasteiger partial charge < -0.3 is 19.5 Å². The normalized spacial score (nSPS) is 16.3. The van der Waals surface area contributed by atoms with Crippen LogP contribution in [0.1, 0.15) is 40.2 Å². The summed E-state index contributed by atoms with van der Waals surface area (Å²) < 4.78 is 11.5. The minimum atomic E-state index is -0.977. The molecule has 1 fully saturated rings. The van der Waals surface area contributed by atoms with Gasteiger partial charge in [-0.3, -0.25) is 4.90 Å². The highest BCUT2D eigenvalue weighted by Crippen LogP contribution is 2.39. The molecule has 0 bridgehead atoms. The highest BCUT2D eigenvalue weighted by atomic mass is 35.5. The number of anilines is 1. The first-order valence-corrected chi connectivity index (χ1v) is 13.7. The number of carbonyl (C=O) groups excluding carboxylic acids is 1. The van der Waals surface area contributed by atoms with E-state index in [1.807, 2.05) is 58.3 Å². The van der Waals surface area contributed by atoms with Gasteiger partial charge in [0.25, 0.3) is 0 Å². The van der Waals surface area contributed by atoms with Crippen LogP contribution in [-0.2, 0) is 11.3 Å². The Bertz CT molecular complexity index is 1670. The molecule has 1 amide bonds. The number of benzene rings is 3. The quantitative estimate of drug-likeness (QED) is 0.245. The van der Waals surface area contributed by atoms with Crippen molar-refractivity contribution in [2.24, 2.45) is 0 Å². The van der Waals surface area contributed by atoms with Gasteiger partial charge in [0.1, 0.15) is 11.9 Å². The first-order valence-electron chi connectivity index (χ1n) is 13.4. The summed E-state index contributed by atoms with van der Waals surface area (Å²) in [4.78, 5) is 37.5. The van der Waals surface area contributed by atoms with E-state index in [1.54, 1.807) is 53.4 Å². The van der Waals surface area contributed by atoms with Crippen molar-refractivity contribution in [3.8, 4) is 28.0 Å². The van der Waals surface area contributed by atoms with Crippen LogP contribution >= 0.6 is 11.6 Å². The standard InChI is InChI=1S/C32H31ClN4O5/c1-18-13-22(30(38)39)9-11-24(18)20-10-12-28(41-5)25(15-20)26-16-34-31(36(3)4)35-27(26)17-37-19(2)29(42-32(37)40)21-7-6-8-23(33)14-21/h6-16,19,29H,17H2,1-5H3,(H,38,39)/t19-,29-/m0/s1. The van der Waals surface area contributed by atoms with E-state index in [9.17, 15) is 14.7 Å². The lowest BCUT2D eigenvalue weighted by molar-refractivity contribution is 0.0696. The molecule has 5 rings (SSSR count). The zero-order valence-electron chi connectivity index (χ0n) is 24.0. The SMILES string of the molecule is COc1ccc(-c2ccc(C(=O)O)cc2C)cc1-c1cnc(N(C)C)nc1CN1C(=O)O[C@H](c2cccc(Cl)c2)[C@@H]1C. The van der Waals surface area contributed by atoms with Crippen LogP contribution in [0.15, 0.2) is 66.9 Å². The molecule has 216 valence electrons. The third-order valence-corrected chi connectivity index (χ3v) is 7.65. The monoisotopic (exact) mass is 586 g/mol. The molecule has 1 aliphatic rings. The molecule has 42 heavy (non-hydrogen) atoms. The van der Waals surface area contributed by atoms with Crippen LogP contribution < -0.4 is 9.64 Å². The van der Waals surface area contributed by atoms with E-state index < -0.39 is 18.2 Å². The number of nitrogens with zero attached hydrogens (tertiary/aromatic N) is 4. The third kappa shape index (κ3) is 5.60. The maximum atomic E-state index is 13.1. The number of hydrogen-bond acceptors (Lipinski definition) is 7. The number of amides is 1. The summed E-state index contributed by atoms with van der Waals surface area (Å²) in [6.45, 7) is 3.99. The average molecular weight is 587 g/mol. The number of ether oxygens (including phenoxy) is 2. The summed E-state index contributed by atoms with van der Waals surface area (Å²) in [5.41, 5.74) is 5.69. The predicted octanol–water partition coefficient (Wildman–Crippen LogP) is 6.63. The first-order chi connectivity index (χ1) is 20.1. The van der Waals surface area contributed by atoms with E-state index in [4.69, 9.17) is 26.1 Å². The number of rotatable bonds is 8. The fraction of sp³-hybridized carbons (Fsp3) is 0.250. The summed E-state index contributed by atoms with van der Waals surface area (Å²) in [5, 5.41) is 9.97. The number of aryl methyl sites for hydroxylation is 1. The van der Waals surface area contributed by atoms with Crippen molar-refractivity contribution in [3.05, 3.63) is 94.3 Å². The van der Waals surface area contributed by atoms with E-state index in [1.165, 1.54) is 0 Å². The van der Waals surface area contributed by atoms with E-state index in [0.717, 1.165) is 27.8 Å². The predicted molar refractivity (Wildman–Crippen MR) is 161 cm³/mol. The Labute approximate surface area is 249 Å². The third-order valence-electron chi connectivity index (χ3n) is 7.42. The number of methoxy groups -OCH3 is 1. The van der Waals surface area contributed by atoms with Crippen LogP contribution in [0, 0.1) is 6.92 Å². The number of halogens is 1. The van der Waals surface area contributed by atoms with E-state index in [0.29, 0.717) is 28.0 Å². The van der Waals surface area contributed by atoms with Crippen molar-refractivity contribution in [2.45, 2.75) is 32.5 Å². The van der Waals surface area contributed by atoms with Gasteiger partial charge in [0.15, 0.2) is 0 Å².